The Labute approximate surface area is 174 Å². The molecule has 164 valence electrons. The smallest absolute Gasteiger partial charge is 0.336 e. The minimum Gasteiger partial charge on any atom is -0.336 e. The number of urea groups is 1. The van der Waals surface area contributed by atoms with Crippen LogP contribution in [0.15, 0.2) is 9.59 Å². The second kappa shape index (κ2) is 6.86. The molecule has 1 unspecified atom stereocenters. The molecule has 1 atom stereocenters. The Morgan fingerprint density at radius 1 is 1.23 bits per heavy atom. The third kappa shape index (κ3) is 3.52. The summed E-state index contributed by atoms with van der Waals surface area (Å²) < 4.78 is 41.0. The van der Waals surface area contributed by atoms with Crippen molar-refractivity contribution in [2.24, 2.45) is 5.41 Å². The van der Waals surface area contributed by atoms with Crippen LogP contribution in [-0.4, -0.2) is 39.3 Å². The Bertz CT molecular complexity index is 1150. The first-order chi connectivity index (χ1) is 13.9. The van der Waals surface area contributed by atoms with E-state index in [0.717, 1.165) is 20.5 Å². The van der Waals surface area contributed by atoms with Gasteiger partial charge >= 0.3 is 17.9 Å². The molecule has 30 heavy (non-hydrogen) atoms. The average molecular weight is 444 g/mol. The van der Waals surface area contributed by atoms with E-state index in [-0.39, 0.29) is 34.2 Å². The molecular formula is C19H23F3N4O3S. The van der Waals surface area contributed by atoms with E-state index >= 15 is 0 Å². The van der Waals surface area contributed by atoms with Crippen molar-refractivity contribution in [3.8, 4) is 0 Å². The second-order valence-electron chi connectivity index (χ2n) is 8.67. The number of carbonyl (C=O) groups is 1. The van der Waals surface area contributed by atoms with Gasteiger partial charge < -0.3 is 10.2 Å². The summed E-state index contributed by atoms with van der Waals surface area (Å²) in [6, 6.07) is -0.551. The van der Waals surface area contributed by atoms with Crippen molar-refractivity contribution >= 4 is 27.6 Å². The Morgan fingerprint density at radius 2 is 1.90 bits per heavy atom. The van der Waals surface area contributed by atoms with E-state index in [9.17, 15) is 27.6 Å². The summed E-state index contributed by atoms with van der Waals surface area (Å²) in [5, 5.41) is 2.98. The van der Waals surface area contributed by atoms with E-state index in [1.54, 1.807) is 11.8 Å². The van der Waals surface area contributed by atoms with Crippen molar-refractivity contribution < 1.29 is 18.0 Å². The van der Waals surface area contributed by atoms with E-state index in [2.05, 4.69) is 5.32 Å². The van der Waals surface area contributed by atoms with Crippen molar-refractivity contribution in [3.63, 3.8) is 0 Å². The minimum absolute atomic E-state index is 0.224. The summed E-state index contributed by atoms with van der Waals surface area (Å²) in [6.45, 7) is 6.30. The maximum atomic E-state index is 13.2. The molecule has 11 heteroatoms. The van der Waals surface area contributed by atoms with E-state index < -0.39 is 30.4 Å². The summed E-state index contributed by atoms with van der Waals surface area (Å²) in [6.07, 6.45) is -4.96. The average Bonchev–Trinajstić information content (AvgIpc) is 2.92. The number of amides is 2. The Morgan fingerprint density at radius 3 is 2.43 bits per heavy atom. The number of carbonyl (C=O) groups excluding carboxylic acids is 1. The number of rotatable bonds is 5. The van der Waals surface area contributed by atoms with E-state index in [1.807, 2.05) is 13.8 Å². The maximum absolute atomic E-state index is 13.2. The van der Waals surface area contributed by atoms with E-state index in [4.69, 9.17) is 0 Å². The molecule has 1 saturated carbocycles. The number of thiophene rings is 1. The summed E-state index contributed by atoms with van der Waals surface area (Å²) in [7, 11) is 0. The molecule has 1 aliphatic heterocycles. The quantitative estimate of drug-likeness (QED) is 0.771. The molecule has 4 rings (SSSR count). The molecule has 0 radical (unpaired) electrons. The summed E-state index contributed by atoms with van der Waals surface area (Å²) in [5.74, 6) is 0. The summed E-state index contributed by atoms with van der Waals surface area (Å²) >= 11 is 1.12. The lowest BCUT2D eigenvalue weighted by Crippen LogP contribution is -2.40. The Hall–Kier alpha value is -2.30. The molecule has 1 saturated heterocycles. The van der Waals surface area contributed by atoms with Gasteiger partial charge in [0.1, 0.15) is 4.83 Å². The third-order valence-corrected chi connectivity index (χ3v) is 7.31. The molecule has 7 nitrogen and oxygen atoms in total. The van der Waals surface area contributed by atoms with Crippen molar-refractivity contribution in [2.45, 2.75) is 58.9 Å². The topological polar surface area (TPSA) is 76.3 Å². The van der Waals surface area contributed by atoms with Gasteiger partial charge in [-0.25, -0.2) is 9.59 Å². The van der Waals surface area contributed by atoms with Crippen LogP contribution in [0.4, 0.5) is 18.0 Å². The van der Waals surface area contributed by atoms with Crippen molar-refractivity contribution in [2.75, 3.05) is 13.1 Å². The van der Waals surface area contributed by atoms with E-state index in [0.29, 0.717) is 30.0 Å². The predicted octanol–water partition coefficient (Wildman–Crippen LogP) is 2.98. The van der Waals surface area contributed by atoms with Crippen molar-refractivity contribution in [1.82, 2.24) is 19.4 Å². The number of aromatic nitrogens is 2. The molecule has 3 heterocycles. The summed E-state index contributed by atoms with van der Waals surface area (Å²) in [5.41, 5.74) is -0.787. The van der Waals surface area contributed by atoms with Gasteiger partial charge in [0.25, 0.3) is 5.56 Å². The molecule has 2 aliphatic rings. The van der Waals surface area contributed by atoms with E-state index in [1.165, 1.54) is 0 Å². The number of aryl methyl sites for hydroxylation is 2. The fourth-order valence-corrected chi connectivity index (χ4v) is 5.32. The van der Waals surface area contributed by atoms with Gasteiger partial charge in [0.05, 0.1) is 18.4 Å². The highest BCUT2D eigenvalue weighted by molar-refractivity contribution is 7.18. The van der Waals surface area contributed by atoms with Crippen LogP contribution >= 0.6 is 11.3 Å². The first kappa shape index (κ1) is 21.0. The van der Waals surface area contributed by atoms with Crippen LogP contribution in [0.25, 0.3) is 10.2 Å². The van der Waals surface area contributed by atoms with Gasteiger partial charge in [-0.3, -0.25) is 13.9 Å². The van der Waals surface area contributed by atoms with Gasteiger partial charge in [-0.05, 0) is 24.3 Å². The number of alkyl halides is 3. The fourth-order valence-electron chi connectivity index (χ4n) is 3.99. The third-order valence-electron chi connectivity index (χ3n) is 6.01. The van der Waals surface area contributed by atoms with Gasteiger partial charge in [-0.1, -0.05) is 13.8 Å². The number of fused-ring (bicyclic) bond motifs is 1. The van der Waals surface area contributed by atoms with Gasteiger partial charge in [-0.2, -0.15) is 13.2 Å². The van der Waals surface area contributed by atoms with Crippen LogP contribution in [0.3, 0.4) is 0 Å². The van der Waals surface area contributed by atoms with Crippen LogP contribution < -0.4 is 16.6 Å². The highest BCUT2D eigenvalue weighted by atomic mass is 32.1. The molecule has 1 aliphatic carbocycles. The number of hydrogen-bond acceptors (Lipinski definition) is 4. The standard InChI is InChI=1S/C19H23F3N4O3S/c1-10-11(9-24-7-5-23-16(24)28)30-15-13(10)14(27)26(12-8-18(12,2)3)17(29)25(15)6-4-19(20,21)22/h12H,4-9H2,1-3H3,(H,23,28). The lowest BCUT2D eigenvalue weighted by Gasteiger charge is -2.14. The Balaban J connectivity index is 1.88. The molecule has 2 aromatic heterocycles. The molecule has 2 fully saturated rings. The van der Waals surface area contributed by atoms with Gasteiger partial charge in [-0.15, -0.1) is 11.3 Å². The number of nitrogens with one attached hydrogen (secondary N) is 1. The minimum atomic E-state index is -4.42. The number of halogens is 3. The maximum Gasteiger partial charge on any atom is 0.390 e. The molecule has 1 N–H and O–H groups in total. The fraction of sp³-hybridized carbons (Fsp3) is 0.632. The lowest BCUT2D eigenvalue weighted by atomic mass is 10.1. The van der Waals surface area contributed by atoms with Crippen LogP contribution in [0.1, 0.15) is 43.2 Å². The predicted molar refractivity (Wildman–Crippen MR) is 107 cm³/mol. The summed E-state index contributed by atoms with van der Waals surface area (Å²) in [4.78, 5) is 40.8. The molecule has 0 bridgehead atoms. The zero-order chi connectivity index (χ0) is 22.0. The van der Waals surface area contributed by atoms with Crippen LogP contribution in [0, 0.1) is 12.3 Å². The van der Waals surface area contributed by atoms with Crippen LogP contribution in [0.2, 0.25) is 0 Å². The highest BCUT2D eigenvalue weighted by Crippen LogP contribution is 2.54. The van der Waals surface area contributed by atoms with Gasteiger partial charge in [0, 0.05) is 30.6 Å². The van der Waals surface area contributed by atoms with Gasteiger partial charge in [0.15, 0.2) is 0 Å². The van der Waals surface area contributed by atoms with Crippen LogP contribution in [0.5, 0.6) is 0 Å². The SMILES string of the molecule is Cc1c(CN2CCNC2=O)sc2c1c(=O)n(C1CC1(C)C)c(=O)n2CCC(F)(F)F. The highest BCUT2D eigenvalue weighted by Gasteiger charge is 2.49. The normalized spacial score (nSPS) is 20.8. The zero-order valence-electron chi connectivity index (χ0n) is 16.9. The van der Waals surface area contributed by atoms with Crippen molar-refractivity contribution in [3.05, 3.63) is 31.3 Å². The largest absolute Gasteiger partial charge is 0.390 e. The Kier molecular flexibility index (Phi) is 4.79. The van der Waals surface area contributed by atoms with Crippen LogP contribution in [-0.2, 0) is 13.1 Å². The molecule has 0 aromatic carbocycles. The molecular weight excluding hydrogens is 421 g/mol. The monoisotopic (exact) mass is 444 g/mol. The van der Waals surface area contributed by atoms with Gasteiger partial charge in [0.2, 0.25) is 0 Å². The molecule has 0 spiro atoms. The first-order valence-electron chi connectivity index (χ1n) is 9.77. The van der Waals surface area contributed by atoms with Crippen molar-refractivity contribution in [1.29, 1.82) is 0 Å². The second-order valence-corrected chi connectivity index (χ2v) is 9.75. The first-order valence-corrected chi connectivity index (χ1v) is 10.6. The molecule has 2 aromatic rings. The lowest BCUT2D eigenvalue weighted by molar-refractivity contribution is -0.136. The zero-order valence-corrected chi connectivity index (χ0v) is 17.7. The molecule has 2 amide bonds. The number of nitrogens with zero attached hydrogens (tertiary/aromatic N) is 3. The number of hydrogen-bond donors (Lipinski definition) is 1.